The van der Waals surface area contributed by atoms with Crippen molar-refractivity contribution in [3.05, 3.63) is 65.2 Å². The molecular weight excluding hydrogens is 304 g/mol. The van der Waals surface area contributed by atoms with Gasteiger partial charge in [0.2, 0.25) is 0 Å². The van der Waals surface area contributed by atoms with Gasteiger partial charge in [0.05, 0.1) is 17.3 Å². The van der Waals surface area contributed by atoms with Crippen molar-refractivity contribution in [1.29, 1.82) is 5.26 Å². The van der Waals surface area contributed by atoms with Crippen molar-refractivity contribution in [2.75, 3.05) is 5.32 Å². The maximum absolute atomic E-state index is 12.3. The van der Waals surface area contributed by atoms with Crippen LogP contribution in [0.4, 0.5) is 5.82 Å². The number of nitrogens with zero attached hydrogens (tertiary/aromatic N) is 5. The Labute approximate surface area is 138 Å². The molecule has 118 valence electrons. The number of carbonyl (C=O) groups is 1. The van der Waals surface area contributed by atoms with Crippen LogP contribution < -0.4 is 5.32 Å². The van der Waals surface area contributed by atoms with Gasteiger partial charge in [-0.1, -0.05) is 6.07 Å². The van der Waals surface area contributed by atoms with E-state index >= 15 is 0 Å². The van der Waals surface area contributed by atoms with Crippen molar-refractivity contribution >= 4 is 11.7 Å². The lowest BCUT2D eigenvalue weighted by atomic mass is 10.1. The monoisotopic (exact) mass is 318 g/mol. The Hall–Kier alpha value is -3.53. The Morgan fingerprint density at radius 1 is 1.21 bits per heavy atom. The van der Waals surface area contributed by atoms with Gasteiger partial charge in [0.25, 0.3) is 5.91 Å². The van der Waals surface area contributed by atoms with Crippen molar-refractivity contribution in [3.63, 3.8) is 0 Å². The Morgan fingerprint density at radius 3 is 2.75 bits per heavy atom. The fraction of sp³-hybridized carbons (Fsp3) is 0.118. The number of amides is 1. The molecule has 2 aromatic heterocycles. The van der Waals surface area contributed by atoms with Crippen LogP contribution in [-0.4, -0.2) is 25.7 Å². The summed E-state index contributed by atoms with van der Waals surface area (Å²) in [6, 6.07) is 12.1. The van der Waals surface area contributed by atoms with Gasteiger partial charge in [-0.15, -0.1) is 0 Å². The molecule has 0 atom stereocenters. The average molecular weight is 318 g/mol. The Morgan fingerprint density at radius 2 is 2.04 bits per heavy atom. The summed E-state index contributed by atoms with van der Waals surface area (Å²) in [4.78, 5) is 20.5. The van der Waals surface area contributed by atoms with Crippen molar-refractivity contribution in [2.45, 2.75) is 13.8 Å². The van der Waals surface area contributed by atoms with Gasteiger partial charge in [-0.3, -0.25) is 4.79 Å². The van der Waals surface area contributed by atoms with E-state index in [9.17, 15) is 4.79 Å². The normalized spacial score (nSPS) is 10.2. The van der Waals surface area contributed by atoms with Gasteiger partial charge in [0, 0.05) is 17.3 Å². The highest BCUT2D eigenvalue weighted by molar-refractivity contribution is 6.04. The molecule has 1 aromatic carbocycles. The molecule has 0 spiro atoms. The highest BCUT2D eigenvalue weighted by atomic mass is 16.1. The second-order valence-electron chi connectivity index (χ2n) is 5.25. The van der Waals surface area contributed by atoms with Crippen molar-refractivity contribution < 1.29 is 4.79 Å². The molecule has 0 saturated carbocycles. The number of hydrogen-bond acceptors (Lipinski definition) is 5. The van der Waals surface area contributed by atoms with Crippen LogP contribution >= 0.6 is 0 Å². The van der Waals surface area contributed by atoms with Crippen molar-refractivity contribution in [1.82, 2.24) is 19.7 Å². The highest BCUT2D eigenvalue weighted by Gasteiger charge is 2.10. The number of anilines is 1. The fourth-order valence-electron chi connectivity index (χ4n) is 2.31. The summed E-state index contributed by atoms with van der Waals surface area (Å²) in [6.45, 7) is 3.82. The lowest BCUT2D eigenvalue weighted by molar-refractivity contribution is 0.102. The molecule has 3 aromatic rings. The summed E-state index contributed by atoms with van der Waals surface area (Å²) in [6.07, 6.45) is 1.37. The predicted molar refractivity (Wildman–Crippen MR) is 87.7 cm³/mol. The van der Waals surface area contributed by atoms with Gasteiger partial charge in [0.15, 0.2) is 5.82 Å². The number of nitrogens with one attached hydrogen (secondary N) is 1. The number of nitriles is 1. The smallest absolute Gasteiger partial charge is 0.256 e. The van der Waals surface area contributed by atoms with Crippen LogP contribution in [0.25, 0.3) is 5.82 Å². The van der Waals surface area contributed by atoms with E-state index in [1.807, 2.05) is 26.0 Å². The van der Waals surface area contributed by atoms with Gasteiger partial charge in [0.1, 0.15) is 12.1 Å². The highest BCUT2D eigenvalue weighted by Crippen LogP contribution is 2.13. The van der Waals surface area contributed by atoms with E-state index in [0.29, 0.717) is 22.8 Å². The van der Waals surface area contributed by atoms with Crippen LogP contribution in [0.5, 0.6) is 0 Å². The first-order valence-corrected chi connectivity index (χ1v) is 7.24. The molecule has 3 rings (SSSR count). The van der Waals surface area contributed by atoms with Gasteiger partial charge in [-0.2, -0.15) is 10.4 Å². The molecular formula is C17H14N6O. The van der Waals surface area contributed by atoms with Gasteiger partial charge < -0.3 is 5.32 Å². The molecule has 7 nitrogen and oxygen atoms in total. The summed E-state index contributed by atoms with van der Waals surface area (Å²) in [5.41, 5.74) is 2.63. The van der Waals surface area contributed by atoms with Crippen LogP contribution in [0.15, 0.2) is 42.7 Å². The third kappa shape index (κ3) is 3.13. The summed E-state index contributed by atoms with van der Waals surface area (Å²) in [7, 11) is 0. The van der Waals surface area contributed by atoms with Gasteiger partial charge in [-0.05, 0) is 38.1 Å². The van der Waals surface area contributed by atoms with Crippen LogP contribution in [0.2, 0.25) is 0 Å². The minimum Gasteiger partial charge on any atom is -0.306 e. The Bertz CT molecular complexity index is 954. The zero-order chi connectivity index (χ0) is 17.1. The van der Waals surface area contributed by atoms with Crippen molar-refractivity contribution in [2.24, 2.45) is 0 Å². The second kappa shape index (κ2) is 6.30. The lowest BCUT2D eigenvalue weighted by Gasteiger charge is -2.07. The molecule has 0 aliphatic rings. The standard InChI is InChI=1S/C17H14N6O/c1-11-6-12(2)23(22-11)16-8-15(19-10-20-16)21-17(24)14-5-3-4-13(7-14)9-18/h3-8,10H,1-2H3,(H,19,20,21,24). The SMILES string of the molecule is Cc1cc(C)n(-c2cc(NC(=O)c3cccc(C#N)c3)ncn2)n1. The maximum atomic E-state index is 12.3. The Kier molecular flexibility index (Phi) is 4.03. The molecule has 0 fully saturated rings. The van der Waals surface area contributed by atoms with Crippen LogP contribution in [0.1, 0.15) is 27.3 Å². The summed E-state index contributed by atoms with van der Waals surface area (Å²) >= 11 is 0. The zero-order valence-corrected chi connectivity index (χ0v) is 13.2. The molecule has 2 heterocycles. The number of hydrogen-bond donors (Lipinski definition) is 1. The molecule has 1 amide bonds. The zero-order valence-electron chi connectivity index (χ0n) is 13.2. The van der Waals surface area contributed by atoms with Crippen molar-refractivity contribution in [3.8, 4) is 11.9 Å². The molecule has 0 radical (unpaired) electrons. The van der Waals surface area contributed by atoms with Crippen LogP contribution in [0.3, 0.4) is 0 Å². The fourth-order valence-corrected chi connectivity index (χ4v) is 2.31. The second-order valence-corrected chi connectivity index (χ2v) is 5.25. The lowest BCUT2D eigenvalue weighted by Crippen LogP contribution is -2.14. The van der Waals surface area contributed by atoms with E-state index < -0.39 is 0 Å². The molecule has 0 bridgehead atoms. The molecule has 24 heavy (non-hydrogen) atoms. The molecule has 1 N–H and O–H groups in total. The van der Waals surface area contributed by atoms with Gasteiger partial charge in [-0.25, -0.2) is 14.6 Å². The minimum atomic E-state index is -0.342. The van der Waals surface area contributed by atoms with E-state index in [4.69, 9.17) is 5.26 Å². The number of rotatable bonds is 3. The first-order valence-electron chi connectivity index (χ1n) is 7.24. The largest absolute Gasteiger partial charge is 0.306 e. The van der Waals surface area contributed by atoms with E-state index in [1.54, 1.807) is 28.9 Å². The summed E-state index contributed by atoms with van der Waals surface area (Å²) < 4.78 is 1.68. The van der Waals surface area contributed by atoms with E-state index in [1.165, 1.54) is 12.4 Å². The van der Waals surface area contributed by atoms with E-state index in [2.05, 4.69) is 20.4 Å². The number of carbonyl (C=O) groups excluding carboxylic acids is 1. The van der Waals surface area contributed by atoms with Gasteiger partial charge >= 0.3 is 0 Å². The third-order valence-corrected chi connectivity index (χ3v) is 3.37. The number of benzene rings is 1. The first kappa shape index (κ1) is 15.4. The first-order chi connectivity index (χ1) is 11.6. The minimum absolute atomic E-state index is 0.342. The maximum Gasteiger partial charge on any atom is 0.256 e. The number of aromatic nitrogens is 4. The molecule has 7 heteroatoms. The summed E-state index contributed by atoms with van der Waals surface area (Å²) in [5.74, 6) is 0.585. The third-order valence-electron chi connectivity index (χ3n) is 3.37. The van der Waals surface area contributed by atoms with Crippen LogP contribution in [-0.2, 0) is 0 Å². The average Bonchev–Trinajstić information content (AvgIpc) is 2.93. The molecule has 0 aliphatic carbocycles. The van der Waals surface area contributed by atoms with Crippen LogP contribution in [0, 0.1) is 25.2 Å². The molecule has 0 aliphatic heterocycles. The number of aryl methyl sites for hydroxylation is 2. The predicted octanol–water partition coefficient (Wildman–Crippen LogP) is 2.40. The summed E-state index contributed by atoms with van der Waals surface area (Å²) in [5, 5.41) is 16.0. The molecule has 0 saturated heterocycles. The Balaban J connectivity index is 1.86. The van der Waals surface area contributed by atoms with E-state index in [0.717, 1.165) is 11.4 Å². The van der Waals surface area contributed by atoms with E-state index in [-0.39, 0.29) is 5.91 Å². The quantitative estimate of drug-likeness (QED) is 0.800. The molecule has 0 unspecified atom stereocenters. The topological polar surface area (TPSA) is 96.5 Å².